The number of esters is 1. The maximum Gasteiger partial charge on any atom is 0.326 e. The molecule has 0 heterocycles. The van der Waals surface area contributed by atoms with Crippen molar-refractivity contribution in [1.29, 1.82) is 0 Å². The number of urea groups is 1. The minimum Gasteiger partial charge on any atom is -0.494 e. The lowest BCUT2D eigenvalue weighted by Crippen LogP contribution is -2.45. The zero-order valence-corrected chi connectivity index (χ0v) is 16.4. The van der Waals surface area contributed by atoms with Crippen LogP contribution in [0.4, 0.5) is 4.79 Å². The normalized spacial score (nSPS) is 11.1. The predicted octanol–water partition coefficient (Wildman–Crippen LogP) is 1.37. The summed E-state index contributed by atoms with van der Waals surface area (Å²) in [6, 6.07) is 5.85. The smallest absolute Gasteiger partial charge is 0.326 e. The largest absolute Gasteiger partial charge is 0.494 e. The van der Waals surface area contributed by atoms with Gasteiger partial charge in [0.05, 0.1) is 6.61 Å². The maximum atomic E-state index is 12.1. The second-order valence-electron chi connectivity index (χ2n) is 5.89. The molecule has 1 aromatic rings. The molecule has 9 heteroatoms. The monoisotopic (exact) mass is 393 g/mol. The van der Waals surface area contributed by atoms with Gasteiger partial charge in [0, 0.05) is 12.1 Å². The number of carbonyl (C=O) groups is 4. The summed E-state index contributed by atoms with van der Waals surface area (Å²) in [5.74, 6) is -1.36. The van der Waals surface area contributed by atoms with Crippen LogP contribution in [0.5, 0.6) is 5.75 Å². The highest BCUT2D eigenvalue weighted by molar-refractivity contribution is 5.98. The first-order chi connectivity index (χ1) is 13.4. The summed E-state index contributed by atoms with van der Waals surface area (Å²) in [5, 5.41) is 6.83. The van der Waals surface area contributed by atoms with E-state index in [0.717, 1.165) is 12.8 Å². The third kappa shape index (κ3) is 8.52. The molecule has 1 rings (SSSR count). The summed E-state index contributed by atoms with van der Waals surface area (Å²) in [6.45, 7) is 5.64. The van der Waals surface area contributed by atoms with Crippen molar-refractivity contribution in [2.75, 3.05) is 19.7 Å². The fraction of sp³-hybridized carbons (Fsp3) is 0.474. The van der Waals surface area contributed by atoms with E-state index >= 15 is 0 Å². The molecule has 0 unspecified atom stereocenters. The van der Waals surface area contributed by atoms with Crippen molar-refractivity contribution in [3.05, 3.63) is 29.8 Å². The van der Waals surface area contributed by atoms with Crippen molar-refractivity contribution in [2.24, 2.45) is 0 Å². The van der Waals surface area contributed by atoms with E-state index in [9.17, 15) is 19.2 Å². The molecule has 0 aliphatic rings. The molecule has 154 valence electrons. The lowest BCUT2D eigenvalue weighted by molar-refractivity contribution is -0.153. The quantitative estimate of drug-likeness (QED) is 0.408. The average molecular weight is 393 g/mol. The second kappa shape index (κ2) is 12.3. The Bertz CT molecular complexity index is 675. The van der Waals surface area contributed by atoms with E-state index in [1.165, 1.54) is 6.92 Å². The van der Waals surface area contributed by atoms with Crippen molar-refractivity contribution in [1.82, 2.24) is 16.0 Å². The minimum atomic E-state index is -1.17. The van der Waals surface area contributed by atoms with Gasteiger partial charge in [0.25, 0.3) is 11.8 Å². The molecule has 0 aromatic heterocycles. The van der Waals surface area contributed by atoms with Gasteiger partial charge >= 0.3 is 12.0 Å². The number of nitrogens with one attached hydrogen (secondary N) is 3. The van der Waals surface area contributed by atoms with Gasteiger partial charge in [-0.1, -0.05) is 13.3 Å². The van der Waals surface area contributed by atoms with Gasteiger partial charge < -0.3 is 20.1 Å². The molecule has 0 radical (unpaired) electrons. The van der Waals surface area contributed by atoms with Crippen LogP contribution in [-0.2, 0) is 14.3 Å². The highest BCUT2D eigenvalue weighted by Crippen LogP contribution is 2.12. The van der Waals surface area contributed by atoms with Crippen LogP contribution < -0.4 is 20.7 Å². The van der Waals surface area contributed by atoms with Gasteiger partial charge in [-0.05, 0) is 44.5 Å². The number of hydrogen-bond acceptors (Lipinski definition) is 6. The van der Waals surface area contributed by atoms with E-state index in [-0.39, 0.29) is 0 Å². The fourth-order valence-corrected chi connectivity index (χ4v) is 2.00. The molecule has 9 nitrogen and oxygen atoms in total. The Labute approximate surface area is 164 Å². The van der Waals surface area contributed by atoms with Crippen LogP contribution in [0.25, 0.3) is 0 Å². The van der Waals surface area contributed by atoms with E-state index in [1.54, 1.807) is 31.2 Å². The Balaban J connectivity index is 2.40. The van der Waals surface area contributed by atoms with Crippen molar-refractivity contribution in [3.8, 4) is 5.75 Å². The third-order valence-corrected chi connectivity index (χ3v) is 3.53. The lowest BCUT2D eigenvalue weighted by Gasteiger charge is -2.13. The molecule has 0 bridgehead atoms. The van der Waals surface area contributed by atoms with E-state index < -0.39 is 36.5 Å². The summed E-state index contributed by atoms with van der Waals surface area (Å²) < 4.78 is 10.4. The van der Waals surface area contributed by atoms with E-state index in [2.05, 4.69) is 17.6 Å². The van der Waals surface area contributed by atoms with Crippen molar-refractivity contribution < 1.29 is 28.7 Å². The van der Waals surface area contributed by atoms with Crippen LogP contribution in [0.15, 0.2) is 24.3 Å². The van der Waals surface area contributed by atoms with Gasteiger partial charge in [-0.3, -0.25) is 19.7 Å². The molecule has 0 aliphatic heterocycles. The number of unbranched alkanes of at least 4 members (excludes halogenated alkanes) is 1. The topological polar surface area (TPSA) is 123 Å². The second-order valence-corrected chi connectivity index (χ2v) is 5.89. The Hall–Kier alpha value is -3.10. The number of hydrogen-bond donors (Lipinski definition) is 3. The van der Waals surface area contributed by atoms with Crippen molar-refractivity contribution >= 4 is 23.8 Å². The van der Waals surface area contributed by atoms with Crippen LogP contribution in [0.3, 0.4) is 0 Å². The number of ether oxygens (including phenoxy) is 2. The average Bonchev–Trinajstić information content (AvgIpc) is 2.67. The highest BCUT2D eigenvalue weighted by Gasteiger charge is 2.20. The first kappa shape index (κ1) is 22.9. The Morgan fingerprint density at radius 1 is 1.04 bits per heavy atom. The van der Waals surface area contributed by atoms with Gasteiger partial charge in [-0.25, -0.2) is 4.79 Å². The molecule has 28 heavy (non-hydrogen) atoms. The Morgan fingerprint density at radius 3 is 2.32 bits per heavy atom. The maximum absolute atomic E-state index is 12.1. The number of amides is 4. The lowest BCUT2D eigenvalue weighted by atomic mass is 10.2. The fourth-order valence-electron chi connectivity index (χ4n) is 2.00. The number of rotatable bonds is 10. The molecule has 4 amide bonds. The molecule has 3 N–H and O–H groups in total. The summed E-state index contributed by atoms with van der Waals surface area (Å²) in [6.07, 6.45) is 0.805. The van der Waals surface area contributed by atoms with E-state index in [0.29, 0.717) is 24.5 Å². The summed E-state index contributed by atoms with van der Waals surface area (Å²) in [5.41, 5.74) is 0.359. The molecule has 0 spiro atoms. The molecule has 1 aromatic carbocycles. The van der Waals surface area contributed by atoms with Crippen LogP contribution in [0.2, 0.25) is 0 Å². The van der Waals surface area contributed by atoms with Gasteiger partial charge in [0.2, 0.25) is 0 Å². The first-order valence-corrected chi connectivity index (χ1v) is 9.16. The molecule has 0 saturated heterocycles. The van der Waals surface area contributed by atoms with Crippen LogP contribution in [-0.4, -0.2) is 49.6 Å². The number of carbonyl (C=O) groups excluding carboxylic acids is 4. The van der Waals surface area contributed by atoms with Gasteiger partial charge in [-0.15, -0.1) is 0 Å². The Kier molecular flexibility index (Phi) is 10.1. The number of imide groups is 1. The SMILES string of the molecule is CCCCOc1ccc(C(=O)NCC(=O)O[C@H](C)C(=O)NC(=O)NCC)cc1. The van der Waals surface area contributed by atoms with Crippen LogP contribution in [0, 0.1) is 0 Å². The standard InChI is InChI=1S/C19H27N3O6/c1-4-6-11-27-15-9-7-14(8-10-15)18(25)21-12-16(23)28-13(3)17(24)22-19(26)20-5-2/h7-10,13H,4-6,11-12H2,1-3H3,(H,21,25)(H2,20,22,24,26)/t13-/m1/s1. The molecule has 0 fully saturated rings. The minimum absolute atomic E-state index is 0.352. The number of benzene rings is 1. The molecular weight excluding hydrogens is 366 g/mol. The highest BCUT2D eigenvalue weighted by atomic mass is 16.5. The summed E-state index contributed by atoms with van der Waals surface area (Å²) in [7, 11) is 0. The van der Waals surface area contributed by atoms with Gasteiger partial charge in [0.15, 0.2) is 6.10 Å². The van der Waals surface area contributed by atoms with Crippen LogP contribution >= 0.6 is 0 Å². The van der Waals surface area contributed by atoms with Crippen molar-refractivity contribution in [2.45, 2.75) is 39.7 Å². The van der Waals surface area contributed by atoms with E-state index in [4.69, 9.17) is 9.47 Å². The van der Waals surface area contributed by atoms with E-state index in [1.807, 2.05) is 5.32 Å². The zero-order valence-electron chi connectivity index (χ0n) is 16.4. The Morgan fingerprint density at radius 2 is 1.71 bits per heavy atom. The molecular formula is C19H27N3O6. The summed E-state index contributed by atoms with van der Waals surface area (Å²) >= 11 is 0. The summed E-state index contributed by atoms with van der Waals surface area (Å²) in [4.78, 5) is 46.8. The van der Waals surface area contributed by atoms with Crippen molar-refractivity contribution in [3.63, 3.8) is 0 Å². The van der Waals surface area contributed by atoms with Gasteiger partial charge in [-0.2, -0.15) is 0 Å². The van der Waals surface area contributed by atoms with Gasteiger partial charge in [0.1, 0.15) is 12.3 Å². The third-order valence-electron chi connectivity index (χ3n) is 3.53. The first-order valence-electron chi connectivity index (χ1n) is 9.16. The molecule has 1 atom stereocenters. The molecule has 0 saturated carbocycles. The zero-order chi connectivity index (χ0) is 20.9. The van der Waals surface area contributed by atoms with Crippen LogP contribution in [0.1, 0.15) is 44.0 Å². The molecule has 0 aliphatic carbocycles. The predicted molar refractivity (Wildman–Crippen MR) is 102 cm³/mol.